The fraction of sp³-hybridized carbons (Fsp3) is 0.357. The van der Waals surface area contributed by atoms with Crippen LogP contribution in [0.2, 0.25) is 0 Å². The second kappa shape index (κ2) is 3.68. The number of hydrogen-bond donors (Lipinski definition) is 0. The molecule has 0 saturated carbocycles. The number of aromatic nitrogens is 1. The number of nitriles is 1. The van der Waals surface area contributed by atoms with Crippen LogP contribution in [-0.4, -0.2) is 4.57 Å². The molecule has 80 valence electrons. The first-order valence-electron chi connectivity index (χ1n) is 5.92. The highest BCUT2D eigenvalue weighted by Gasteiger charge is 2.17. The van der Waals surface area contributed by atoms with Crippen molar-refractivity contribution in [1.82, 2.24) is 4.57 Å². The van der Waals surface area contributed by atoms with E-state index in [1.165, 1.54) is 30.5 Å². The van der Waals surface area contributed by atoms with E-state index < -0.39 is 0 Å². The summed E-state index contributed by atoms with van der Waals surface area (Å²) in [6.45, 7) is 1.07. The van der Waals surface area contributed by atoms with Crippen molar-refractivity contribution in [2.45, 2.75) is 32.2 Å². The predicted molar refractivity (Wildman–Crippen MR) is 64.2 cm³/mol. The van der Waals surface area contributed by atoms with Gasteiger partial charge in [0.05, 0.1) is 5.56 Å². The Morgan fingerprint density at radius 3 is 2.88 bits per heavy atom. The Bertz CT molecular complexity index is 572. The van der Waals surface area contributed by atoms with Crippen LogP contribution in [0, 0.1) is 11.3 Å². The van der Waals surface area contributed by atoms with E-state index in [4.69, 9.17) is 0 Å². The smallest absolute Gasteiger partial charge is 0.102 e. The Morgan fingerprint density at radius 2 is 2.00 bits per heavy atom. The summed E-state index contributed by atoms with van der Waals surface area (Å²) in [6.07, 6.45) is 4.78. The maximum absolute atomic E-state index is 9.31. The van der Waals surface area contributed by atoms with Crippen LogP contribution in [0.15, 0.2) is 24.3 Å². The third-order valence-electron chi connectivity index (χ3n) is 3.49. The molecule has 0 amide bonds. The van der Waals surface area contributed by atoms with Crippen molar-refractivity contribution >= 4 is 10.9 Å². The molecule has 2 heteroatoms. The molecule has 0 saturated heterocycles. The first-order chi connectivity index (χ1) is 7.92. The Hall–Kier alpha value is -1.75. The van der Waals surface area contributed by atoms with Gasteiger partial charge in [-0.3, -0.25) is 0 Å². The molecule has 2 heterocycles. The van der Waals surface area contributed by atoms with E-state index in [0.717, 1.165) is 23.9 Å². The van der Waals surface area contributed by atoms with Crippen LogP contribution in [0.1, 0.15) is 30.5 Å². The van der Waals surface area contributed by atoms with Gasteiger partial charge in [0, 0.05) is 23.1 Å². The Balaban J connectivity index is 2.36. The summed E-state index contributed by atoms with van der Waals surface area (Å²) in [6, 6.07) is 10.7. The lowest BCUT2D eigenvalue weighted by Crippen LogP contribution is -2.00. The zero-order valence-electron chi connectivity index (χ0n) is 9.24. The van der Waals surface area contributed by atoms with Crippen molar-refractivity contribution in [2.75, 3.05) is 0 Å². The number of rotatable bonds is 0. The summed E-state index contributed by atoms with van der Waals surface area (Å²) < 4.78 is 2.35. The highest BCUT2D eigenvalue weighted by molar-refractivity contribution is 5.88. The lowest BCUT2D eigenvalue weighted by atomic mass is 10.1. The molecule has 0 aliphatic carbocycles. The number of nitrogens with zero attached hydrogens (tertiary/aromatic N) is 2. The summed E-state index contributed by atoms with van der Waals surface area (Å²) in [4.78, 5) is 0. The summed E-state index contributed by atoms with van der Waals surface area (Å²) in [5, 5.41) is 10.4. The van der Waals surface area contributed by atoms with Gasteiger partial charge in [0.15, 0.2) is 0 Å². The summed E-state index contributed by atoms with van der Waals surface area (Å²) in [5.74, 6) is 0. The van der Waals surface area contributed by atoms with Crippen LogP contribution in [0.25, 0.3) is 10.9 Å². The molecule has 1 aliphatic rings. The van der Waals surface area contributed by atoms with Crippen molar-refractivity contribution in [2.24, 2.45) is 0 Å². The second-order valence-corrected chi connectivity index (χ2v) is 4.41. The van der Waals surface area contributed by atoms with Crippen LogP contribution in [0.3, 0.4) is 0 Å². The Morgan fingerprint density at radius 1 is 1.12 bits per heavy atom. The molecule has 0 bridgehead atoms. The van der Waals surface area contributed by atoms with Crippen molar-refractivity contribution in [3.8, 4) is 6.07 Å². The molecule has 3 rings (SSSR count). The zero-order valence-corrected chi connectivity index (χ0v) is 9.24. The number of aryl methyl sites for hydroxylation is 1. The molecule has 0 N–H and O–H groups in total. The van der Waals surface area contributed by atoms with E-state index >= 15 is 0 Å². The Labute approximate surface area is 95.1 Å². The molecule has 1 aromatic heterocycles. The fourth-order valence-corrected chi connectivity index (χ4v) is 2.74. The average Bonchev–Trinajstić information content (AvgIpc) is 2.49. The van der Waals surface area contributed by atoms with Crippen molar-refractivity contribution in [1.29, 1.82) is 5.26 Å². The van der Waals surface area contributed by atoms with Gasteiger partial charge in [0.1, 0.15) is 6.07 Å². The minimum absolute atomic E-state index is 0.900. The van der Waals surface area contributed by atoms with Crippen LogP contribution >= 0.6 is 0 Å². The largest absolute Gasteiger partial charge is 0.343 e. The van der Waals surface area contributed by atoms with Crippen LogP contribution in [0.5, 0.6) is 0 Å². The highest BCUT2D eigenvalue weighted by Crippen LogP contribution is 2.29. The first kappa shape index (κ1) is 9.47. The van der Waals surface area contributed by atoms with E-state index in [2.05, 4.69) is 28.8 Å². The molecular weight excluding hydrogens is 196 g/mol. The monoisotopic (exact) mass is 210 g/mol. The molecule has 0 fully saturated rings. The SMILES string of the molecule is N#Cc1c2n(c3ccccc13)CCCCC2. The lowest BCUT2D eigenvalue weighted by molar-refractivity contribution is 0.648. The van der Waals surface area contributed by atoms with Gasteiger partial charge in [-0.05, 0) is 25.3 Å². The van der Waals surface area contributed by atoms with E-state index in [0.29, 0.717) is 0 Å². The minimum Gasteiger partial charge on any atom is -0.343 e. The Kier molecular flexibility index (Phi) is 2.18. The summed E-state index contributed by atoms with van der Waals surface area (Å²) in [7, 11) is 0. The maximum Gasteiger partial charge on any atom is 0.102 e. The standard InChI is InChI=1S/C14H14N2/c15-10-12-11-6-3-4-8-13(11)16-9-5-1-2-7-14(12)16/h3-4,6,8H,1-2,5,7,9H2. The van der Waals surface area contributed by atoms with Crippen LogP contribution in [0.4, 0.5) is 0 Å². The van der Waals surface area contributed by atoms with Crippen LogP contribution < -0.4 is 0 Å². The number of para-hydroxylation sites is 1. The molecule has 2 aromatic rings. The molecule has 0 unspecified atom stereocenters. The average molecular weight is 210 g/mol. The van der Waals surface area contributed by atoms with Crippen LogP contribution in [-0.2, 0) is 13.0 Å². The fourth-order valence-electron chi connectivity index (χ4n) is 2.74. The molecule has 0 radical (unpaired) electrons. The van der Waals surface area contributed by atoms with Gasteiger partial charge in [-0.2, -0.15) is 5.26 Å². The van der Waals surface area contributed by atoms with Gasteiger partial charge in [0.25, 0.3) is 0 Å². The molecule has 1 aliphatic heterocycles. The molecule has 1 aromatic carbocycles. The van der Waals surface area contributed by atoms with E-state index in [1.54, 1.807) is 0 Å². The van der Waals surface area contributed by atoms with Gasteiger partial charge in [-0.25, -0.2) is 0 Å². The van der Waals surface area contributed by atoms with Crippen molar-refractivity contribution < 1.29 is 0 Å². The van der Waals surface area contributed by atoms with Crippen molar-refractivity contribution in [3.63, 3.8) is 0 Å². The van der Waals surface area contributed by atoms with Gasteiger partial charge < -0.3 is 4.57 Å². The topological polar surface area (TPSA) is 28.7 Å². The zero-order chi connectivity index (χ0) is 11.0. The van der Waals surface area contributed by atoms with Gasteiger partial charge in [-0.1, -0.05) is 24.6 Å². The molecule has 2 nitrogen and oxygen atoms in total. The second-order valence-electron chi connectivity index (χ2n) is 4.41. The van der Waals surface area contributed by atoms with Gasteiger partial charge in [0.2, 0.25) is 0 Å². The molecular formula is C14H14N2. The molecule has 16 heavy (non-hydrogen) atoms. The molecule has 0 atom stereocenters. The maximum atomic E-state index is 9.31. The molecule has 0 spiro atoms. The quantitative estimate of drug-likeness (QED) is 0.656. The normalized spacial score (nSPS) is 15.4. The predicted octanol–water partition coefficient (Wildman–Crippen LogP) is 3.24. The summed E-state index contributed by atoms with van der Waals surface area (Å²) >= 11 is 0. The van der Waals surface area contributed by atoms with Gasteiger partial charge in [-0.15, -0.1) is 0 Å². The number of benzene rings is 1. The van der Waals surface area contributed by atoms with Gasteiger partial charge >= 0.3 is 0 Å². The minimum atomic E-state index is 0.900. The number of hydrogen-bond acceptors (Lipinski definition) is 1. The van der Waals surface area contributed by atoms with E-state index in [1.807, 2.05) is 6.07 Å². The van der Waals surface area contributed by atoms with Crippen molar-refractivity contribution in [3.05, 3.63) is 35.5 Å². The lowest BCUT2D eigenvalue weighted by Gasteiger charge is -2.05. The third-order valence-corrected chi connectivity index (χ3v) is 3.49. The first-order valence-corrected chi connectivity index (χ1v) is 5.92. The van der Waals surface area contributed by atoms with E-state index in [9.17, 15) is 5.26 Å². The summed E-state index contributed by atoms with van der Waals surface area (Å²) in [5.41, 5.74) is 3.38. The third kappa shape index (κ3) is 1.25. The highest BCUT2D eigenvalue weighted by atomic mass is 15.0. The van der Waals surface area contributed by atoms with E-state index in [-0.39, 0.29) is 0 Å². The number of fused-ring (bicyclic) bond motifs is 3.